The molecule has 1 aromatic heterocycles. The van der Waals surface area contributed by atoms with Crippen LogP contribution in [0.15, 0.2) is 125 Å². The van der Waals surface area contributed by atoms with Gasteiger partial charge in [0.15, 0.2) is 0 Å². The van der Waals surface area contributed by atoms with Gasteiger partial charge in [-0.25, -0.2) is 0 Å². The first kappa shape index (κ1) is 21.4. The van der Waals surface area contributed by atoms with Crippen molar-refractivity contribution in [2.45, 2.75) is 9.79 Å². The average molecular weight is 506 g/mol. The Bertz CT molecular complexity index is 1930. The van der Waals surface area contributed by atoms with Gasteiger partial charge in [-0.15, -0.1) is 0 Å². The smallest absolute Gasteiger partial charge is 0.0607 e. The van der Waals surface area contributed by atoms with Gasteiger partial charge in [0.2, 0.25) is 0 Å². The summed E-state index contributed by atoms with van der Waals surface area (Å²) in [5, 5.41) is 5.72. The van der Waals surface area contributed by atoms with Crippen molar-refractivity contribution < 1.29 is 0 Å². The third-order valence-electron chi connectivity index (χ3n) is 7.42. The van der Waals surface area contributed by atoms with Crippen molar-refractivity contribution in [2.24, 2.45) is 0 Å². The summed E-state index contributed by atoms with van der Waals surface area (Å²) in [4.78, 5) is 8.55. The van der Waals surface area contributed by atoms with Crippen LogP contribution in [-0.2, 0) is 0 Å². The van der Waals surface area contributed by atoms with E-state index >= 15 is 0 Å². The number of hydrogen-bond donors (Lipinski definition) is 2. The molecule has 0 aliphatic carbocycles. The second kappa shape index (κ2) is 8.44. The van der Waals surface area contributed by atoms with Crippen LogP contribution in [-0.4, -0.2) is 4.98 Å². The van der Waals surface area contributed by atoms with E-state index in [0.717, 1.165) is 11.0 Å². The molecule has 0 atom stereocenters. The number of rotatable bonds is 2. The molecule has 3 nitrogen and oxygen atoms in total. The first-order valence-corrected chi connectivity index (χ1v) is 13.6. The van der Waals surface area contributed by atoms with E-state index in [4.69, 9.17) is 0 Å². The summed E-state index contributed by atoms with van der Waals surface area (Å²) in [7, 11) is 0. The number of nitrogens with one attached hydrogen (secondary N) is 2. The van der Waals surface area contributed by atoms with E-state index in [0.29, 0.717) is 0 Å². The van der Waals surface area contributed by atoms with Gasteiger partial charge in [0.1, 0.15) is 0 Å². The standard InChI is InChI=1S/C34H23N3S/c1-2-6-25(7-3-1)37-30-8-4-5-9-32(30)38-33-15-12-24(21-31(33)37)23-11-13-28-27(20-23)34-26-17-19-35-18-16-22(26)10-14-29(34)36-28/h1-21,35-36H. The molecule has 38 heavy (non-hydrogen) atoms. The molecular formula is C34H23N3S. The Hall–Kier alpha value is -4.67. The first-order chi connectivity index (χ1) is 18.8. The highest BCUT2D eigenvalue weighted by atomic mass is 32.2. The summed E-state index contributed by atoms with van der Waals surface area (Å²) in [6, 6.07) is 37.3. The van der Waals surface area contributed by atoms with Gasteiger partial charge in [-0.05, 0) is 89.0 Å². The Morgan fingerprint density at radius 1 is 0.605 bits per heavy atom. The fourth-order valence-corrected chi connectivity index (χ4v) is 6.69. The van der Waals surface area contributed by atoms with Gasteiger partial charge in [-0.1, -0.05) is 60.3 Å². The number of para-hydroxylation sites is 2. The third-order valence-corrected chi connectivity index (χ3v) is 8.55. The SMILES string of the molecule is C1=Cc2ccc3[nH]c4ccc(-c5ccc6c(c5)N(c5ccccc5)c5ccccc5S6)cc4c3c2C=CN1. The van der Waals surface area contributed by atoms with Crippen LogP contribution in [0.3, 0.4) is 0 Å². The molecule has 5 aromatic carbocycles. The van der Waals surface area contributed by atoms with Crippen molar-refractivity contribution >= 4 is 62.8 Å². The molecule has 180 valence electrons. The minimum atomic E-state index is 1.15. The van der Waals surface area contributed by atoms with E-state index in [-0.39, 0.29) is 0 Å². The number of aromatic nitrogens is 1. The lowest BCUT2D eigenvalue weighted by Gasteiger charge is -2.33. The predicted octanol–water partition coefficient (Wildman–Crippen LogP) is 9.47. The molecule has 2 aliphatic rings. The molecule has 2 N–H and O–H groups in total. The highest BCUT2D eigenvalue weighted by Gasteiger charge is 2.25. The van der Waals surface area contributed by atoms with Gasteiger partial charge in [-0.3, -0.25) is 0 Å². The number of anilines is 3. The molecule has 0 spiro atoms. The molecule has 3 heterocycles. The topological polar surface area (TPSA) is 31.1 Å². The molecule has 6 aromatic rings. The van der Waals surface area contributed by atoms with Crippen molar-refractivity contribution in [2.75, 3.05) is 4.90 Å². The Labute approximate surface area is 225 Å². The summed E-state index contributed by atoms with van der Waals surface area (Å²) in [5.41, 5.74) is 10.8. The van der Waals surface area contributed by atoms with Gasteiger partial charge in [0.05, 0.1) is 11.4 Å². The van der Waals surface area contributed by atoms with Crippen LogP contribution in [0.4, 0.5) is 17.1 Å². The fourth-order valence-electron chi connectivity index (χ4n) is 5.65. The molecule has 0 fully saturated rings. The second-order valence-corrected chi connectivity index (χ2v) is 10.7. The zero-order valence-corrected chi connectivity index (χ0v) is 21.3. The Balaban J connectivity index is 1.32. The molecule has 0 saturated heterocycles. The molecular weight excluding hydrogens is 482 g/mol. The van der Waals surface area contributed by atoms with Gasteiger partial charge in [0, 0.05) is 49.7 Å². The lowest BCUT2D eigenvalue weighted by atomic mass is 9.97. The Morgan fingerprint density at radius 2 is 1.37 bits per heavy atom. The van der Waals surface area contributed by atoms with Crippen LogP contribution in [0, 0.1) is 0 Å². The van der Waals surface area contributed by atoms with Crippen molar-refractivity contribution in [3.05, 3.63) is 127 Å². The molecule has 2 aliphatic heterocycles. The normalized spacial score (nSPS) is 13.6. The number of fused-ring (bicyclic) bond motifs is 7. The second-order valence-electron chi connectivity index (χ2n) is 9.63. The molecule has 0 amide bonds. The highest BCUT2D eigenvalue weighted by molar-refractivity contribution is 7.99. The van der Waals surface area contributed by atoms with Crippen molar-refractivity contribution in [3.8, 4) is 11.1 Å². The number of hydrogen-bond acceptors (Lipinski definition) is 3. The first-order valence-electron chi connectivity index (χ1n) is 12.8. The summed E-state index contributed by atoms with van der Waals surface area (Å²) in [5.74, 6) is 0. The number of H-pyrrole nitrogens is 1. The summed E-state index contributed by atoms with van der Waals surface area (Å²) >= 11 is 1.84. The van der Waals surface area contributed by atoms with Crippen molar-refractivity contribution in [1.82, 2.24) is 10.3 Å². The van der Waals surface area contributed by atoms with Gasteiger partial charge in [-0.2, -0.15) is 0 Å². The third kappa shape index (κ3) is 3.31. The maximum absolute atomic E-state index is 3.63. The van der Waals surface area contributed by atoms with Crippen molar-refractivity contribution in [3.63, 3.8) is 0 Å². The summed E-state index contributed by atoms with van der Waals surface area (Å²) < 4.78 is 0. The van der Waals surface area contributed by atoms with Crippen LogP contribution in [0.1, 0.15) is 11.1 Å². The maximum Gasteiger partial charge on any atom is 0.0607 e. The number of aromatic amines is 1. The molecule has 4 heteroatoms. The largest absolute Gasteiger partial charge is 0.368 e. The fraction of sp³-hybridized carbons (Fsp3) is 0. The lowest BCUT2D eigenvalue weighted by Crippen LogP contribution is -2.14. The van der Waals surface area contributed by atoms with E-state index in [2.05, 4.69) is 130 Å². The van der Waals surface area contributed by atoms with Crippen LogP contribution in [0.5, 0.6) is 0 Å². The average Bonchev–Trinajstić information content (AvgIpc) is 3.17. The molecule has 0 bridgehead atoms. The zero-order chi connectivity index (χ0) is 25.1. The van der Waals surface area contributed by atoms with Gasteiger partial charge >= 0.3 is 0 Å². The monoisotopic (exact) mass is 505 g/mol. The quantitative estimate of drug-likeness (QED) is 0.245. The van der Waals surface area contributed by atoms with E-state index < -0.39 is 0 Å². The van der Waals surface area contributed by atoms with Gasteiger partial charge < -0.3 is 15.2 Å². The lowest BCUT2D eigenvalue weighted by molar-refractivity contribution is 1.17. The van der Waals surface area contributed by atoms with Crippen LogP contribution in [0.25, 0.3) is 45.1 Å². The van der Waals surface area contributed by atoms with Crippen LogP contribution in [0.2, 0.25) is 0 Å². The van der Waals surface area contributed by atoms with E-state index in [1.807, 2.05) is 24.2 Å². The van der Waals surface area contributed by atoms with E-state index in [1.54, 1.807) is 0 Å². The molecule has 8 rings (SSSR count). The highest BCUT2D eigenvalue weighted by Crippen LogP contribution is 2.52. The van der Waals surface area contributed by atoms with Crippen LogP contribution >= 0.6 is 11.8 Å². The van der Waals surface area contributed by atoms with Gasteiger partial charge in [0.25, 0.3) is 0 Å². The maximum atomic E-state index is 3.63. The van der Waals surface area contributed by atoms with Crippen LogP contribution < -0.4 is 10.2 Å². The summed E-state index contributed by atoms with van der Waals surface area (Å²) in [6.45, 7) is 0. The minimum absolute atomic E-state index is 1.15. The molecule has 0 unspecified atom stereocenters. The summed E-state index contributed by atoms with van der Waals surface area (Å²) in [6.07, 6.45) is 8.29. The predicted molar refractivity (Wildman–Crippen MR) is 161 cm³/mol. The Kier molecular flexibility index (Phi) is 4.76. The zero-order valence-electron chi connectivity index (χ0n) is 20.5. The Morgan fingerprint density at radius 3 is 2.32 bits per heavy atom. The van der Waals surface area contributed by atoms with Crippen molar-refractivity contribution in [1.29, 1.82) is 0 Å². The van der Waals surface area contributed by atoms with E-state index in [1.165, 1.54) is 59.9 Å². The number of nitrogens with zero attached hydrogens (tertiary/aromatic N) is 1. The molecule has 0 saturated carbocycles. The minimum Gasteiger partial charge on any atom is -0.368 e. The molecule has 0 radical (unpaired) electrons. The number of benzene rings is 5. The van der Waals surface area contributed by atoms with E-state index in [9.17, 15) is 0 Å².